The van der Waals surface area contributed by atoms with E-state index in [2.05, 4.69) is 163 Å². The molecular weight excluding hydrogens is 553 g/mol. The van der Waals surface area contributed by atoms with E-state index in [9.17, 15) is 0 Å². The molecule has 0 amide bonds. The van der Waals surface area contributed by atoms with Crippen molar-refractivity contribution in [2.45, 2.75) is 112 Å². The van der Waals surface area contributed by atoms with Crippen molar-refractivity contribution in [1.82, 2.24) is 0 Å². The zero-order valence-corrected chi connectivity index (χ0v) is 29.9. The zero-order chi connectivity index (χ0) is 32.8. The van der Waals surface area contributed by atoms with Crippen molar-refractivity contribution in [2.75, 3.05) is 0 Å². The molecule has 0 bridgehead atoms. The van der Waals surface area contributed by atoms with Gasteiger partial charge in [-0.2, -0.15) is 0 Å². The average Bonchev–Trinajstić information content (AvgIpc) is 3.08. The van der Waals surface area contributed by atoms with E-state index < -0.39 is 0 Å². The van der Waals surface area contributed by atoms with Gasteiger partial charge in [0.25, 0.3) is 0 Å². The first kappa shape index (κ1) is 35.7. The standard InChI is InChI=1S/C46H62/c1-7-9-31-43(32-10-8-2)45(6,35-40-25-17-12-18-26-40)44(37(3)4)46(36-41-27-19-13-20-28-41,34-33-39-23-15-11-16-24-39)38(5)42-29-21-14-22-30-42/h11-30,37-38,43-44H,7-10,31-36H2,1-6H3. The van der Waals surface area contributed by atoms with Crippen LogP contribution in [0, 0.1) is 28.6 Å². The van der Waals surface area contributed by atoms with Crippen LogP contribution in [-0.2, 0) is 19.3 Å². The lowest BCUT2D eigenvalue weighted by molar-refractivity contribution is -0.0654. The highest BCUT2D eigenvalue weighted by Crippen LogP contribution is 2.61. The molecule has 0 heteroatoms. The quantitative estimate of drug-likeness (QED) is 0.0985. The summed E-state index contributed by atoms with van der Waals surface area (Å²) in [4.78, 5) is 0. The fourth-order valence-electron chi connectivity index (χ4n) is 9.39. The molecule has 0 saturated carbocycles. The summed E-state index contributed by atoms with van der Waals surface area (Å²) in [7, 11) is 0. The summed E-state index contributed by atoms with van der Waals surface area (Å²) in [6, 6.07) is 45.8. The van der Waals surface area contributed by atoms with Crippen molar-refractivity contribution < 1.29 is 0 Å². The molecule has 0 nitrogen and oxygen atoms in total. The molecule has 0 aliphatic carbocycles. The second-order valence-electron chi connectivity index (χ2n) is 14.9. The molecule has 4 unspecified atom stereocenters. The normalized spacial score (nSPS) is 15.7. The Balaban J connectivity index is 2.00. The van der Waals surface area contributed by atoms with Crippen molar-refractivity contribution in [2.24, 2.45) is 28.6 Å². The molecule has 4 aromatic carbocycles. The SMILES string of the molecule is CCCCC(CCCC)C(C)(Cc1ccccc1)C(C(C)C)C(CCc1ccccc1)(Cc1ccccc1)C(C)c1ccccc1. The van der Waals surface area contributed by atoms with Crippen LogP contribution in [-0.4, -0.2) is 0 Å². The third-order valence-electron chi connectivity index (χ3n) is 11.4. The first-order valence-electron chi connectivity index (χ1n) is 18.5. The summed E-state index contributed by atoms with van der Waals surface area (Å²) < 4.78 is 0. The van der Waals surface area contributed by atoms with Gasteiger partial charge in [-0.05, 0) is 95.3 Å². The third kappa shape index (κ3) is 9.02. The van der Waals surface area contributed by atoms with Crippen LogP contribution in [0.15, 0.2) is 121 Å². The van der Waals surface area contributed by atoms with Gasteiger partial charge in [0.05, 0.1) is 0 Å². The average molecular weight is 615 g/mol. The Kier molecular flexibility index (Phi) is 13.7. The van der Waals surface area contributed by atoms with Crippen molar-refractivity contribution in [3.05, 3.63) is 144 Å². The second-order valence-corrected chi connectivity index (χ2v) is 14.9. The van der Waals surface area contributed by atoms with Gasteiger partial charge in [0.15, 0.2) is 0 Å². The van der Waals surface area contributed by atoms with Crippen molar-refractivity contribution >= 4 is 0 Å². The van der Waals surface area contributed by atoms with Crippen LogP contribution in [0.25, 0.3) is 0 Å². The highest BCUT2D eigenvalue weighted by molar-refractivity contribution is 5.28. The lowest BCUT2D eigenvalue weighted by atomic mass is 9.46. The van der Waals surface area contributed by atoms with Crippen LogP contribution in [0.5, 0.6) is 0 Å². The van der Waals surface area contributed by atoms with Crippen LogP contribution in [0.2, 0.25) is 0 Å². The van der Waals surface area contributed by atoms with Crippen molar-refractivity contribution in [1.29, 1.82) is 0 Å². The van der Waals surface area contributed by atoms with Crippen LogP contribution >= 0.6 is 0 Å². The lowest BCUT2D eigenvalue weighted by Crippen LogP contribution is -2.52. The van der Waals surface area contributed by atoms with Crippen LogP contribution < -0.4 is 0 Å². The molecule has 0 aromatic heterocycles. The Morgan fingerprint density at radius 2 is 0.978 bits per heavy atom. The summed E-state index contributed by atoms with van der Waals surface area (Å²) in [6.07, 6.45) is 12.3. The van der Waals surface area contributed by atoms with Gasteiger partial charge in [-0.1, -0.05) is 189 Å². The van der Waals surface area contributed by atoms with Crippen molar-refractivity contribution in [3.63, 3.8) is 0 Å². The van der Waals surface area contributed by atoms with Gasteiger partial charge >= 0.3 is 0 Å². The third-order valence-corrected chi connectivity index (χ3v) is 11.4. The predicted molar refractivity (Wildman–Crippen MR) is 201 cm³/mol. The largest absolute Gasteiger partial charge is 0.0654 e. The number of aryl methyl sites for hydroxylation is 1. The van der Waals surface area contributed by atoms with E-state index in [1.54, 1.807) is 0 Å². The Hall–Kier alpha value is -3.12. The van der Waals surface area contributed by atoms with E-state index in [4.69, 9.17) is 0 Å². The molecule has 0 heterocycles. The Labute approximate surface area is 283 Å². The van der Waals surface area contributed by atoms with E-state index in [0.29, 0.717) is 23.7 Å². The maximum Gasteiger partial charge on any atom is -0.0127 e. The highest BCUT2D eigenvalue weighted by atomic mass is 14.6. The maximum atomic E-state index is 2.74. The monoisotopic (exact) mass is 614 g/mol. The van der Waals surface area contributed by atoms with E-state index in [-0.39, 0.29) is 10.8 Å². The minimum absolute atomic E-state index is 0.0485. The molecule has 0 aliphatic rings. The Bertz CT molecular complexity index is 1350. The summed E-state index contributed by atoms with van der Waals surface area (Å²) >= 11 is 0. The van der Waals surface area contributed by atoms with E-state index >= 15 is 0 Å². The number of benzene rings is 4. The minimum Gasteiger partial charge on any atom is -0.0654 e. The molecular formula is C46H62. The Morgan fingerprint density at radius 1 is 0.543 bits per heavy atom. The van der Waals surface area contributed by atoms with E-state index in [1.807, 2.05) is 0 Å². The molecule has 4 rings (SSSR count). The van der Waals surface area contributed by atoms with Crippen LogP contribution in [0.4, 0.5) is 0 Å². The number of hydrogen-bond donors (Lipinski definition) is 0. The first-order valence-corrected chi connectivity index (χ1v) is 18.5. The zero-order valence-electron chi connectivity index (χ0n) is 29.9. The smallest absolute Gasteiger partial charge is 0.0127 e. The number of rotatable bonds is 19. The Morgan fingerprint density at radius 3 is 1.43 bits per heavy atom. The second kappa shape index (κ2) is 17.7. The molecule has 0 radical (unpaired) electrons. The molecule has 4 atom stereocenters. The summed E-state index contributed by atoms with van der Waals surface area (Å²) in [5, 5.41) is 0. The van der Waals surface area contributed by atoms with Gasteiger partial charge < -0.3 is 0 Å². The van der Waals surface area contributed by atoms with Crippen LogP contribution in [0.3, 0.4) is 0 Å². The molecule has 46 heavy (non-hydrogen) atoms. The maximum absolute atomic E-state index is 2.74. The minimum atomic E-state index is 0.0485. The predicted octanol–water partition coefficient (Wildman–Crippen LogP) is 13.2. The summed E-state index contributed by atoms with van der Waals surface area (Å²) in [5.74, 6) is 2.12. The van der Waals surface area contributed by atoms with Gasteiger partial charge in [-0.3, -0.25) is 0 Å². The van der Waals surface area contributed by atoms with Gasteiger partial charge in [-0.15, -0.1) is 0 Å². The summed E-state index contributed by atoms with van der Waals surface area (Å²) in [5.41, 5.74) is 6.10. The van der Waals surface area contributed by atoms with Crippen LogP contribution in [0.1, 0.15) is 115 Å². The molecule has 246 valence electrons. The molecule has 0 spiro atoms. The number of unbranched alkanes of at least 4 members (excludes halogenated alkanes) is 2. The van der Waals surface area contributed by atoms with E-state index in [1.165, 1.54) is 67.2 Å². The lowest BCUT2D eigenvalue weighted by Gasteiger charge is -2.58. The molecule has 0 N–H and O–H groups in total. The molecule has 4 aromatic rings. The molecule has 0 aliphatic heterocycles. The molecule has 0 fully saturated rings. The first-order chi connectivity index (χ1) is 22.3. The number of hydrogen-bond acceptors (Lipinski definition) is 0. The van der Waals surface area contributed by atoms with E-state index in [0.717, 1.165) is 19.3 Å². The van der Waals surface area contributed by atoms with Crippen molar-refractivity contribution in [3.8, 4) is 0 Å². The fourth-order valence-corrected chi connectivity index (χ4v) is 9.39. The van der Waals surface area contributed by atoms with Gasteiger partial charge in [0.2, 0.25) is 0 Å². The molecule has 0 saturated heterocycles. The van der Waals surface area contributed by atoms with Gasteiger partial charge in [0.1, 0.15) is 0 Å². The fraction of sp³-hybridized carbons (Fsp3) is 0.478. The van der Waals surface area contributed by atoms with Gasteiger partial charge in [-0.25, -0.2) is 0 Å². The topological polar surface area (TPSA) is 0 Å². The highest BCUT2D eigenvalue weighted by Gasteiger charge is 2.54. The van der Waals surface area contributed by atoms with Gasteiger partial charge in [0, 0.05) is 0 Å². The summed E-state index contributed by atoms with van der Waals surface area (Å²) in [6.45, 7) is 15.2.